The van der Waals surface area contributed by atoms with Crippen LogP contribution in [0.25, 0.3) is 10.8 Å². The van der Waals surface area contributed by atoms with Gasteiger partial charge in [-0.2, -0.15) is 0 Å². The maximum absolute atomic E-state index is 11.9. The van der Waals surface area contributed by atoms with Crippen molar-refractivity contribution >= 4 is 16.7 Å². The van der Waals surface area contributed by atoms with E-state index in [2.05, 4.69) is 41.3 Å². The Balaban J connectivity index is 1.34. The van der Waals surface area contributed by atoms with E-state index in [0.29, 0.717) is 12.7 Å². The predicted molar refractivity (Wildman–Crippen MR) is 116 cm³/mol. The number of piperidine rings is 1. The fourth-order valence-electron chi connectivity index (χ4n) is 4.67. The molecule has 0 unspecified atom stereocenters. The summed E-state index contributed by atoms with van der Waals surface area (Å²) in [5.74, 6) is 1.05. The Hall–Kier alpha value is -2.07. The average molecular weight is 396 g/mol. The Morgan fingerprint density at radius 1 is 0.966 bits per heavy atom. The Bertz CT molecular complexity index is 820. The number of fused-ring (bicyclic) bond motifs is 1. The maximum Gasteiger partial charge on any atom is 0.309 e. The molecule has 2 aromatic carbocycles. The molecule has 0 bridgehead atoms. The van der Waals surface area contributed by atoms with Crippen molar-refractivity contribution in [3.05, 3.63) is 42.0 Å². The smallest absolute Gasteiger partial charge is 0.309 e. The van der Waals surface area contributed by atoms with E-state index in [0.717, 1.165) is 38.2 Å². The monoisotopic (exact) mass is 395 g/mol. The second-order valence-corrected chi connectivity index (χ2v) is 8.52. The Morgan fingerprint density at radius 3 is 2.45 bits per heavy atom. The van der Waals surface area contributed by atoms with E-state index in [4.69, 9.17) is 9.47 Å². The van der Waals surface area contributed by atoms with Crippen molar-refractivity contribution in [2.24, 2.45) is 5.92 Å². The number of ether oxygens (including phenoxy) is 2. The van der Waals surface area contributed by atoms with Crippen LogP contribution < -0.4 is 4.74 Å². The van der Waals surface area contributed by atoms with Crippen molar-refractivity contribution < 1.29 is 14.3 Å². The molecule has 0 amide bonds. The van der Waals surface area contributed by atoms with Crippen molar-refractivity contribution in [1.82, 2.24) is 4.90 Å². The molecule has 2 fully saturated rings. The van der Waals surface area contributed by atoms with Crippen LogP contribution in [-0.2, 0) is 16.1 Å². The van der Waals surface area contributed by atoms with E-state index in [1.807, 2.05) is 6.92 Å². The first-order chi connectivity index (χ1) is 14.2. The fraction of sp³-hybridized carbons (Fsp3) is 0.560. The number of carbonyl (C=O) groups excluding carboxylic acids is 1. The molecule has 4 nitrogen and oxygen atoms in total. The van der Waals surface area contributed by atoms with Crippen molar-refractivity contribution in [1.29, 1.82) is 0 Å². The number of likely N-dealkylation sites (tertiary alicyclic amines) is 1. The molecule has 1 aliphatic heterocycles. The van der Waals surface area contributed by atoms with Crippen LogP contribution in [0.5, 0.6) is 5.75 Å². The summed E-state index contributed by atoms with van der Waals surface area (Å²) in [4.78, 5) is 14.4. The maximum atomic E-state index is 11.9. The van der Waals surface area contributed by atoms with Gasteiger partial charge in [-0.1, -0.05) is 24.6 Å². The van der Waals surface area contributed by atoms with Crippen LogP contribution in [0, 0.1) is 5.92 Å². The summed E-state index contributed by atoms with van der Waals surface area (Å²) in [5, 5.41) is 2.50. The van der Waals surface area contributed by atoms with Crippen LogP contribution in [0.3, 0.4) is 0 Å². The van der Waals surface area contributed by atoms with Crippen molar-refractivity contribution in [3.63, 3.8) is 0 Å². The molecular weight excluding hydrogens is 362 g/mol. The summed E-state index contributed by atoms with van der Waals surface area (Å²) < 4.78 is 11.4. The van der Waals surface area contributed by atoms with Crippen LogP contribution in [0.2, 0.25) is 0 Å². The molecule has 0 N–H and O–H groups in total. The third kappa shape index (κ3) is 5.30. The second-order valence-electron chi connectivity index (χ2n) is 8.52. The van der Waals surface area contributed by atoms with E-state index in [-0.39, 0.29) is 11.9 Å². The number of carbonyl (C=O) groups is 1. The Kier molecular flexibility index (Phi) is 6.70. The van der Waals surface area contributed by atoms with Crippen molar-refractivity contribution in [2.45, 2.75) is 64.5 Å². The highest BCUT2D eigenvalue weighted by Gasteiger charge is 2.25. The van der Waals surface area contributed by atoms with Gasteiger partial charge in [0.2, 0.25) is 0 Å². The normalized spacial score (nSPS) is 19.3. The minimum Gasteiger partial charge on any atom is -0.490 e. The van der Waals surface area contributed by atoms with Gasteiger partial charge in [0.1, 0.15) is 5.75 Å². The summed E-state index contributed by atoms with van der Waals surface area (Å²) in [7, 11) is 0. The molecule has 2 aliphatic rings. The van der Waals surface area contributed by atoms with Crippen LogP contribution in [0.1, 0.15) is 57.4 Å². The predicted octanol–water partition coefficient (Wildman–Crippen LogP) is 5.33. The number of rotatable bonds is 6. The summed E-state index contributed by atoms with van der Waals surface area (Å²) >= 11 is 0. The largest absolute Gasteiger partial charge is 0.490 e. The Morgan fingerprint density at radius 2 is 1.69 bits per heavy atom. The number of benzene rings is 2. The minimum absolute atomic E-state index is 0.0240. The first-order valence-corrected chi connectivity index (χ1v) is 11.3. The molecule has 4 heteroatoms. The summed E-state index contributed by atoms with van der Waals surface area (Å²) in [5.41, 5.74) is 1.33. The van der Waals surface area contributed by atoms with Gasteiger partial charge in [-0.3, -0.25) is 9.69 Å². The summed E-state index contributed by atoms with van der Waals surface area (Å²) in [6, 6.07) is 13.2. The van der Waals surface area contributed by atoms with E-state index < -0.39 is 0 Å². The van der Waals surface area contributed by atoms with Gasteiger partial charge in [0.15, 0.2) is 0 Å². The molecule has 29 heavy (non-hydrogen) atoms. The lowest BCUT2D eigenvalue weighted by Gasteiger charge is -2.30. The lowest BCUT2D eigenvalue weighted by molar-refractivity contribution is -0.149. The quantitative estimate of drug-likeness (QED) is 0.620. The van der Waals surface area contributed by atoms with Gasteiger partial charge in [0.05, 0.1) is 18.6 Å². The third-order valence-corrected chi connectivity index (χ3v) is 6.34. The lowest BCUT2D eigenvalue weighted by atomic mass is 9.96. The number of nitrogens with zero attached hydrogens (tertiary/aromatic N) is 1. The first-order valence-electron chi connectivity index (χ1n) is 11.3. The fourth-order valence-corrected chi connectivity index (χ4v) is 4.67. The van der Waals surface area contributed by atoms with Crippen LogP contribution in [0.15, 0.2) is 36.4 Å². The SMILES string of the molecule is CCOC(=O)C1CCN(Cc2ccc3cc(OC4CCCCC4)ccc3c2)CC1. The zero-order valence-electron chi connectivity index (χ0n) is 17.6. The summed E-state index contributed by atoms with van der Waals surface area (Å²) in [6.45, 7) is 5.19. The molecule has 156 valence electrons. The second kappa shape index (κ2) is 9.62. The van der Waals surface area contributed by atoms with Gasteiger partial charge in [0.25, 0.3) is 0 Å². The number of hydrogen-bond acceptors (Lipinski definition) is 4. The topological polar surface area (TPSA) is 38.8 Å². The molecule has 0 atom stereocenters. The first kappa shape index (κ1) is 20.2. The molecule has 1 saturated carbocycles. The van der Waals surface area contributed by atoms with Gasteiger partial charge >= 0.3 is 5.97 Å². The molecule has 1 aliphatic carbocycles. The van der Waals surface area contributed by atoms with E-state index in [9.17, 15) is 4.79 Å². The zero-order valence-corrected chi connectivity index (χ0v) is 17.6. The molecule has 0 aromatic heterocycles. The standard InChI is InChI=1S/C25H33NO3/c1-2-28-25(27)20-12-14-26(15-13-20)18-19-8-9-22-17-24(11-10-21(22)16-19)29-23-6-4-3-5-7-23/h8-11,16-17,20,23H,2-7,12-15,18H2,1H3. The summed E-state index contributed by atoms with van der Waals surface area (Å²) in [6.07, 6.45) is 8.48. The third-order valence-electron chi connectivity index (χ3n) is 6.34. The van der Waals surface area contributed by atoms with Gasteiger partial charge in [-0.05, 0) is 93.1 Å². The highest BCUT2D eigenvalue weighted by molar-refractivity contribution is 5.84. The molecular formula is C25H33NO3. The van der Waals surface area contributed by atoms with Gasteiger partial charge in [-0.15, -0.1) is 0 Å². The number of hydrogen-bond donors (Lipinski definition) is 0. The molecule has 2 aromatic rings. The van der Waals surface area contributed by atoms with Gasteiger partial charge < -0.3 is 9.47 Å². The molecule has 0 spiro atoms. The molecule has 1 saturated heterocycles. The van der Waals surface area contributed by atoms with Crippen LogP contribution in [-0.4, -0.2) is 36.7 Å². The van der Waals surface area contributed by atoms with Crippen LogP contribution in [0.4, 0.5) is 0 Å². The minimum atomic E-state index is -0.0240. The van der Waals surface area contributed by atoms with Crippen molar-refractivity contribution in [2.75, 3.05) is 19.7 Å². The molecule has 0 radical (unpaired) electrons. The van der Waals surface area contributed by atoms with Gasteiger partial charge in [-0.25, -0.2) is 0 Å². The van der Waals surface area contributed by atoms with E-state index in [1.54, 1.807) is 0 Å². The van der Waals surface area contributed by atoms with Crippen LogP contribution >= 0.6 is 0 Å². The Labute approximate surface area is 174 Å². The van der Waals surface area contributed by atoms with Gasteiger partial charge in [0, 0.05) is 6.54 Å². The molecule has 1 heterocycles. The zero-order chi connectivity index (χ0) is 20.1. The highest BCUT2D eigenvalue weighted by atomic mass is 16.5. The average Bonchev–Trinajstić information content (AvgIpc) is 2.75. The highest BCUT2D eigenvalue weighted by Crippen LogP contribution is 2.27. The van der Waals surface area contributed by atoms with E-state index in [1.165, 1.54) is 48.4 Å². The van der Waals surface area contributed by atoms with E-state index >= 15 is 0 Å². The lowest BCUT2D eigenvalue weighted by Crippen LogP contribution is -2.36. The molecule has 4 rings (SSSR count). The number of esters is 1. The van der Waals surface area contributed by atoms with Crippen molar-refractivity contribution in [3.8, 4) is 5.75 Å².